The molecule has 0 spiro atoms. The predicted molar refractivity (Wildman–Crippen MR) is 80.1 cm³/mol. The van der Waals surface area contributed by atoms with Gasteiger partial charge in [0.15, 0.2) is 0 Å². The van der Waals surface area contributed by atoms with Crippen LogP contribution in [0.15, 0.2) is 0 Å². The van der Waals surface area contributed by atoms with E-state index in [2.05, 4.69) is 30.8 Å². The summed E-state index contributed by atoms with van der Waals surface area (Å²) in [6, 6.07) is 0.672. The first-order chi connectivity index (χ1) is 9.04. The largest absolute Gasteiger partial charge is 0.329 e. The maximum atomic E-state index is 6.18. The van der Waals surface area contributed by atoms with E-state index in [1.165, 1.54) is 38.6 Å². The molecule has 3 heteroatoms. The molecule has 1 aliphatic heterocycles. The van der Waals surface area contributed by atoms with E-state index in [1.54, 1.807) is 0 Å². The molecule has 0 radical (unpaired) electrons. The average Bonchev–Trinajstić information content (AvgIpc) is 3.05. The smallest absolute Gasteiger partial charge is 0.0470 e. The molecule has 5 unspecified atom stereocenters. The van der Waals surface area contributed by atoms with Crippen molar-refractivity contribution in [3.8, 4) is 0 Å². The fourth-order valence-electron chi connectivity index (χ4n) is 5.12. The molecule has 5 atom stereocenters. The molecule has 0 aromatic carbocycles. The van der Waals surface area contributed by atoms with Crippen molar-refractivity contribution < 1.29 is 0 Å². The summed E-state index contributed by atoms with van der Waals surface area (Å²) >= 11 is 0. The Bertz CT molecular complexity index is 320. The van der Waals surface area contributed by atoms with Crippen molar-refractivity contribution in [3.63, 3.8) is 0 Å². The fraction of sp³-hybridized carbons (Fsp3) is 1.00. The lowest BCUT2D eigenvalue weighted by Crippen LogP contribution is -2.55. The van der Waals surface area contributed by atoms with Crippen molar-refractivity contribution in [2.45, 2.75) is 50.6 Å². The highest BCUT2D eigenvalue weighted by atomic mass is 15.3. The fourth-order valence-corrected chi connectivity index (χ4v) is 5.12. The third-order valence-electron chi connectivity index (χ3n) is 6.55. The standard InChI is InChI=1S/C16H31N3/c1-12-8-16(10-17,11-18(12)2)19(3)9-15-7-13-4-5-14(15)6-13/h12-15H,4-11,17H2,1-3H3. The Morgan fingerprint density at radius 3 is 2.58 bits per heavy atom. The molecule has 19 heavy (non-hydrogen) atoms. The van der Waals surface area contributed by atoms with Crippen LogP contribution in [0.1, 0.15) is 39.0 Å². The van der Waals surface area contributed by atoms with E-state index in [9.17, 15) is 0 Å². The van der Waals surface area contributed by atoms with Crippen LogP contribution in [0.25, 0.3) is 0 Å². The molecule has 1 saturated heterocycles. The second kappa shape index (κ2) is 5.01. The molecule has 0 aromatic rings. The van der Waals surface area contributed by atoms with Crippen molar-refractivity contribution in [2.75, 3.05) is 33.7 Å². The Morgan fingerprint density at radius 2 is 2.11 bits per heavy atom. The van der Waals surface area contributed by atoms with Gasteiger partial charge in [-0.25, -0.2) is 0 Å². The lowest BCUT2D eigenvalue weighted by Gasteiger charge is -2.40. The molecule has 0 amide bonds. The number of hydrogen-bond acceptors (Lipinski definition) is 3. The van der Waals surface area contributed by atoms with Crippen LogP contribution >= 0.6 is 0 Å². The number of rotatable bonds is 4. The molecule has 2 saturated carbocycles. The minimum absolute atomic E-state index is 0.232. The Kier molecular flexibility index (Phi) is 3.65. The van der Waals surface area contributed by atoms with Crippen LogP contribution in [-0.2, 0) is 0 Å². The number of nitrogens with two attached hydrogens (primary N) is 1. The lowest BCUT2D eigenvalue weighted by atomic mass is 9.86. The van der Waals surface area contributed by atoms with Gasteiger partial charge >= 0.3 is 0 Å². The van der Waals surface area contributed by atoms with Gasteiger partial charge in [-0.05, 0) is 64.5 Å². The molecule has 2 bridgehead atoms. The third kappa shape index (κ3) is 2.34. The van der Waals surface area contributed by atoms with Crippen LogP contribution < -0.4 is 5.73 Å². The molecule has 3 fully saturated rings. The Balaban J connectivity index is 1.64. The molecule has 1 heterocycles. The van der Waals surface area contributed by atoms with Gasteiger partial charge in [-0.2, -0.15) is 0 Å². The highest BCUT2D eigenvalue weighted by Gasteiger charge is 2.46. The number of likely N-dealkylation sites (tertiary alicyclic amines) is 1. The van der Waals surface area contributed by atoms with E-state index >= 15 is 0 Å². The highest BCUT2D eigenvalue weighted by molar-refractivity contribution is 5.03. The molecular weight excluding hydrogens is 234 g/mol. The lowest BCUT2D eigenvalue weighted by molar-refractivity contribution is 0.0976. The molecule has 3 nitrogen and oxygen atoms in total. The van der Waals surface area contributed by atoms with E-state index in [1.807, 2.05) is 0 Å². The summed E-state index contributed by atoms with van der Waals surface area (Å²) in [6.45, 7) is 5.56. The quantitative estimate of drug-likeness (QED) is 0.841. The first-order valence-electron chi connectivity index (χ1n) is 8.15. The number of likely N-dealkylation sites (N-methyl/N-ethyl adjacent to an activating group) is 2. The first-order valence-corrected chi connectivity index (χ1v) is 8.15. The van der Waals surface area contributed by atoms with E-state index in [-0.39, 0.29) is 5.54 Å². The van der Waals surface area contributed by atoms with Crippen molar-refractivity contribution in [1.82, 2.24) is 9.80 Å². The zero-order chi connectivity index (χ0) is 13.6. The molecular formula is C16H31N3. The van der Waals surface area contributed by atoms with Gasteiger partial charge in [0.05, 0.1) is 0 Å². The van der Waals surface area contributed by atoms with E-state index in [0.29, 0.717) is 6.04 Å². The Morgan fingerprint density at radius 1 is 1.32 bits per heavy atom. The molecule has 110 valence electrons. The predicted octanol–water partition coefficient (Wildman–Crippen LogP) is 1.78. The molecule has 2 N–H and O–H groups in total. The summed E-state index contributed by atoms with van der Waals surface area (Å²) in [5.74, 6) is 3.04. The van der Waals surface area contributed by atoms with Gasteiger partial charge in [0.1, 0.15) is 0 Å². The second-order valence-corrected chi connectivity index (χ2v) is 7.71. The maximum Gasteiger partial charge on any atom is 0.0470 e. The minimum Gasteiger partial charge on any atom is -0.329 e. The molecule has 0 aromatic heterocycles. The van der Waals surface area contributed by atoms with Crippen LogP contribution in [0.5, 0.6) is 0 Å². The number of hydrogen-bond donors (Lipinski definition) is 1. The Labute approximate surface area is 118 Å². The Hall–Kier alpha value is -0.120. The average molecular weight is 265 g/mol. The van der Waals surface area contributed by atoms with Gasteiger partial charge < -0.3 is 10.6 Å². The van der Waals surface area contributed by atoms with Crippen molar-refractivity contribution in [2.24, 2.45) is 23.5 Å². The first kappa shape index (κ1) is 13.8. The van der Waals surface area contributed by atoms with Crippen LogP contribution in [0.3, 0.4) is 0 Å². The van der Waals surface area contributed by atoms with Crippen LogP contribution in [0, 0.1) is 17.8 Å². The second-order valence-electron chi connectivity index (χ2n) is 7.71. The van der Waals surface area contributed by atoms with E-state index in [0.717, 1.165) is 30.8 Å². The minimum atomic E-state index is 0.232. The summed E-state index contributed by atoms with van der Waals surface area (Å²) < 4.78 is 0. The summed E-state index contributed by atoms with van der Waals surface area (Å²) in [5, 5.41) is 0. The van der Waals surface area contributed by atoms with Crippen molar-refractivity contribution in [3.05, 3.63) is 0 Å². The zero-order valence-electron chi connectivity index (χ0n) is 12.9. The van der Waals surface area contributed by atoms with Gasteiger partial charge in [0.2, 0.25) is 0 Å². The molecule has 3 rings (SSSR count). The van der Waals surface area contributed by atoms with Gasteiger partial charge in [-0.3, -0.25) is 4.90 Å². The van der Waals surface area contributed by atoms with Crippen molar-refractivity contribution >= 4 is 0 Å². The summed E-state index contributed by atoms with van der Waals surface area (Å²) in [4.78, 5) is 5.10. The van der Waals surface area contributed by atoms with E-state index in [4.69, 9.17) is 5.73 Å². The van der Waals surface area contributed by atoms with Gasteiger partial charge in [-0.15, -0.1) is 0 Å². The number of nitrogens with zero attached hydrogens (tertiary/aromatic N) is 2. The summed E-state index contributed by atoms with van der Waals surface area (Å²) in [6.07, 6.45) is 7.24. The monoisotopic (exact) mass is 265 g/mol. The summed E-state index contributed by atoms with van der Waals surface area (Å²) in [7, 11) is 4.57. The van der Waals surface area contributed by atoms with Crippen LogP contribution in [-0.4, -0.2) is 55.1 Å². The van der Waals surface area contributed by atoms with Crippen molar-refractivity contribution in [1.29, 1.82) is 0 Å². The highest BCUT2D eigenvalue weighted by Crippen LogP contribution is 2.49. The third-order valence-corrected chi connectivity index (χ3v) is 6.55. The zero-order valence-corrected chi connectivity index (χ0v) is 12.9. The van der Waals surface area contributed by atoms with Crippen LogP contribution in [0.4, 0.5) is 0 Å². The van der Waals surface area contributed by atoms with Gasteiger partial charge in [-0.1, -0.05) is 6.42 Å². The van der Waals surface area contributed by atoms with E-state index < -0.39 is 0 Å². The summed E-state index contributed by atoms with van der Waals surface area (Å²) in [5.41, 5.74) is 6.41. The topological polar surface area (TPSA) is 32.5 Å². The molecule has 3 aliphatic rings. The molecule has 2 aliphatic carbocycles. The SMILES string of the molecule is CC1CC(CN)(N(C)CC2CC3CCC2C3)CN1C. The van der Waals surface area contributed by atoms with Crippen LogP contribution in [0.2, 0.25) is 0 Å². The van der Waals surface area contributed by atoms with Gasteiger partial charge in [0.25, 0.3) is 0 Å². The van der Waals surface area contributed by atoms with Gasteiger partial charge in [0, 0.05) is 31.2 Å². The number of fused-ring (bicyclic) bond motifs is 2. The maximum absolute atomic E-state index is 6.18. The normalized spacial score (nSPS) is 46.6.